The lowest BCUT2D eigenvalue weighted by molar-refractivity contribution is -0.173. The molecule has 0 spiro atoms. The molecule has 1 heteroatoms. The van der Waals surface area contributed by atoms with E-state index >= 15 is 0 Å². The Morgan fingerprint density at radius 3 is 2.27 bits per heavy atom. The van der Waals surface area contributed by atoms with E-state index in [2.05, 4.69) is 13.8 Å². The summed E-state index contributed by atoms with van der Waals surface area (Å²) in [6.07, 6.45) is 8.24. The molecule has 0 aromatic rings. The summed E-state index contributed by atoms with van der Waals surface area (Å²) in [6, 6.07) is 0. The van der Waals surface area contributed by atoms with Gasteiger partial charge in [-0.05, 0) is 60.7 Å². The fourth-order valence-electron chi connectivity index (χ4n) is 4.82. The number of fused-ring (bicyclic) bond motifs is 2. The summed E-state index contributed by atoms with van der Waals surface area (Å²) >= 11 is 0. The normalized spacial score (nSPS) is 45.4. The molecule has 15 heavy (non-hydrogen) atoms. The number of hydrogen-bond acceptors (Lipinski definition) is 1. The van der Waals surface area contributed by atoms with Crippen LogP contribution < -0.4 is 0 Å². The van der Waals surface area contributed by atoms with Gasteiger partial charge in [0, 0.05) is 6.61 Å². The van der Waals surface area contributed by atoms with Crippen LogP contribution in [0.1, 0.15) is 52.4 Å². The molecule has 4 aliphatic carbocycles. The first kappa shape index (κ1) is 10.1. The average Bonchev–Trinajstić information content (AvgIpc) is 2.17. The van der Waals surface area contributed by atoms with Gasteiger partial charge in [0.15, 0.2) is 0 Å². The number of hydrogen-bond donors (Lipinski definition) is 1. The van der Waals surface area contributed by atoms with Crippen LogP contribution in [0.2, 0.25) is 0 Å². The minimum absolute atomic E-state index is 0.354. The fourth-order valence-corrected chi connectivity index (χ4v) is 4.82. The van der Waals surface area contributed by atoms with Gasteiger partial charge in [0.1, 0.15) is 0 Å². The lowest BCUT2D eigenvalue weighted by atomic mass is 9.40. The standard InChI is InChI=1S/C14H24O/c1-13(2)10-4-5-11(12(13)8-10)14(9-15)6-3-7-14/h10-12,15H,3-9H2,1-2H3/t10-,11?,12-/m0/s1. The predicted octanol–water partition coefficient (Wildman–Crippen LogP) is 3.22. The molecule has 0 saturated heterocycles. The van der Waals surface area contributed by atoms with Gasteiger partial charge < -0.3 is 5.11 Å². The number of rotatable bonds is 2. The van der Waals surface area contributed by atoms with Gasteiger partial charge in [-0.25, -0.2) is 0 Å². The van der Waals surface area contributed by atoms with E-state index < -0.39 is 0 Å². The lowest BCUT2D eigenvalue weighted by Crippen LogP contribution is -2.58. The van der Waals surface area contributed by atoms with Crippen LogP contribution in [0.5, 0.6) is 0 Å². The second kappa shape index (κ2) is 3.00. The van der Waals surface area contributed by atoms with Gasteiger partial charge in [-0.3, -0.25) is 0 Å². The van der Waals surface area contributed by atoms with Crippen LogP contribution in [0.25, 0.3) is 0 Å². The van der Waals surface area contributed by atoms with E-state index in [1.54, 1.807) is 0 Å². The Morgan fingerprint density at radius 2 is 1.87 bits per heavy atom. The maximum Gasteiger partial charge on any atom is 0.0490 e. The zero-order valence-electron chi connectivity index (χ0n) is 10.1. The first-order valence-corrected chi connectivity index (χ1v) is 6.71. The second-order valence-electron chi connectivity index (χ2n) is 6.92. The predicted molar refractivity (Wildman–Crippen MR) is 61.5 cm³/mol. The Bertz CT molecular complexity index is 257. The molecule has 0 radical (unpaired) electrons. The van der Waals surface area contributed by atoms with Crippen LogP contribution in [-0.4, -0.2) is 11.7 Å². The summed E-state index contributed by atoms with van der Waals surface area (Å²) in [5, 5.41) is 9.69. The molecule has 0 aromatic carbocycles. The van der Waals surface area contributed by atoms with Crippen molar-refractivity contribution < 1.29 is 5.11 Å². The van der Waals surface area contributed by atoms with Crippen LogP contribution in [0, 0.1) is 28.6 Å². The van der Waals surface area contributed by atoms with Crippen LogP contribution in [-0.2, 0) is 0 Å². The molecule has 4 rings (SSSR count). The van der Waals surface area contributed by atoms with Crippen LogP contribution in [0.15, 0.2) is 0 Å². The molecule has 3 atom stereocenters. The van der Waals surface area contributed by atoms with Crippen LogP contribution in [0.4, 0.5) is 0 Å². The molecule has 4 fully saturated rings. The Kier molecular flexibility index (Phi) is 2.03. The molecular formula is C14H24O. The number of aliphatic hydroxyl groups is 1. The van der Waals surface area contributed by atoms with E-state index in [0.717, 1.165) is 17.8 Å². The van der Waals surface area contributed by atoms with Crippen LogP contribution >= 0.6 is 0 Å². The quantitative estimate of drug-likeness (QED) is 0.738. The average molecular weight is 208 g/mol. The highest BCUT2D eigenvalue weighted by atomic mass is 16.3. The zero-order chi connectivity index (χ0) is 10.7. The highest BCUT2D eigenvalue weighted by Crippen LogP contribution is 2.67. The third-order valence-corrected chi connectivity index (χ3v) is 6.31. The van der Waals surface area contributed by atoms with Crippen molar-refractivity contribution in [2.24, 2.45) is 28.6 Å². The maximum atomic E-state index is 9.69. The SMILES string of the molecule is CC1(C)[C@H]2CCC(C3(CO)CCC3)[C@@H]1C2. The van der Waals surface area contributed by atoms with Gasteiger partial charge in [-0.1, -0.05) is 20.3 Å². The molecule has 4 saturated carbocycles. The van der Waals surface area contributed by atoms with Gasteiger partial charge in [-0.15, -0.1) is 0 Å². The monoisotopic (exact) mass is 208 g/mol. The maximum absolute atomic E-state index is 9.69. The fraction of sp³-hybridized carbons (Fsp3) is 1.00. The highest BCUT2D eigenvalue weighted by molar-refractivity contribution is 5.09. The van der Waals surface area contributed by atoms with Crippen molar-refractivity contribution >= 4 is 0 Å². The minimum atomic E-state index is 0.354. The molecule has 4 aliphatic rings. The molecular weight excluding hydrogens is 184 g/mol. The molecule has 1 N–H and O–H groups in total. The molecule has 86 valence electrons. The third-order valence-electron chi connectivity index (χ3n) is 6.31. The van der Waals surface area contributed by atoms with E-state index in [1.165, 1.54) is 38.5 Å². The van der Waals surface area contributed by atoms with Crippen molar-refractivity contribution in [3.05, 3.63) is 0 Å². The summed E-state index contributed by atoms with van der Waals surface area (Å²) in [4.78, 5) is 0. The van der Waals surface area contributed by atoms with E-state index in [1.807, 2.05) is 0 Å². The van der Waals surface area contributed by atoms with Crippen LogP contribution in [0.3, 0.4) is 0 Å². The largest absolute Gasteiger partial charge is 0.396 e. The van der Waals surface area contributed by atoms with Gasteiger partial charge in [-0.2, -0.15) is 0 Å². The number of aliphatic hydroxyl groups excluding tert-OH is 1. The van der Waals surface area contributed by atoms with Gasteiger partial charge in [0.05, 0.1) is 0 Å². The first-order valence-electron chi connectivity index (χ1n) is 6.71. The second-order valence-corrected chi connectivity index (χ2v) is 6.92. The zero-order valence-corrected chi connectivity index (χ0v) is 10.1. The molecule has 0 amide bonds. The highest BCUT2D eigenvalue weighted by Gasteiger charge is 2.60. The summed E-state index contributed by atoms with van der Waals surface area (Å²) < 4.78 is 0. The minimum Gasteiger partial charge on any atom is -0.396 e. The Balaban J connectivity index is 1.82. The molecule has 2 bridgehead atoms. The smallest absolute Gasteiger partial charge is 0.0490 e. The van der Waals surface area contributed by atoms with Crippen molar-refractivity contribution in [3.63, 3.8) is 0 Å². The lowest BCUT2D eigenvalue weighted by Gasteiger charge is -2.65. The molecule has 1 unspecified atom stereocenters. The third kappa shape index (κ3) is 1.13. The Labute approximate surface area is 93.3 Å². The van der Waals surface area contributed by atoms with Gasteiger partial charge >= 0.3 is 0 Å². The Hall–Kier alpha value is -0.0400. The van der Waals surface area contributed by atoms with Crippen molar-refractivity contribution in [1.82, 2.24) is 0 Å². The summed E-state index contributed by atoms with van der Waals surface area (Å²) in [5.41, 5.74) is 0.938. The van der Waals surface area contributed by atoms with Crippen molar-refractivity contribution in [1.29, 1.82) is 0 Å². The van der Waals surface area contributed by atoms with E-state index in [0.29, 0.717) is 17.4 Å². The molecule has 0 aromatic heterocycles. The first-order chi connectivity index (χ1) is 7.10. The van der Waals surface area contributed by atoms with Crippen molar-refractivity contribution in [2.45, 2.75) is 52.4 Å². The van der Waals surface area contributed by atoms with E-state index in [4.69, 9.17) is 0 Å². The molecule has 0 aliphatic heterocycles. The van der Waals surface area contributed by atoms with Gasteiger partial charge in [0.25, 0.3) is 0 Å². The molecule has 1 nitrogen and oxygen atoms in total. The topological polar surface area (TPSA) is 20.2 Å². The summed E-state index contributed by atoms with van der Waals surface area (Å²) in [6.45, 7) is 5.37. The summed E-state index contributed by atoms with van der Waals surface area (Å²) in [7, 11) is 0. The molecule has 0 heterocycles. The van der Waals surface area contributed by atoms with Gasteiger partial charge in [0.2, 0.25) is 0 Å². The summed E-state index contributed by atoms with van der Waals surface area (Å²) in [5.74, 6) is 2.76. The van der Waals surface area contributed by atoms with E-state index in [-0.39, 0.29) is 0 Å². The van der Waals surface area contributed by atoms with Crippen molar-refractivity contribution in [2.75, 3.05) is 6.61 Å². The Morgan fingerprint density at radius 1 is 1.13 bits per heavy atom. The van der Waals surface area contributed by atoms with E-state index in [9.17, 15) is 5.11 Å². The van der Waals surface area contributed by atoms with Crippen molar-refractivity contribution in [3.8, 4) is 0 Å².